The third kappa shape index (κ3) is 3.29. The van der Waals surface area contributed by atoms with Gasteiger partial charge in [-0.15, -0.1) is 0 Å². The molecule has 1 aliphatic rings. The van der Waals surface area contributed by atoms with Gasteiger partial charge in [0.1, 0.15) is 6.10 Å². The van der Waals surface area contributed by atoms with Crippen LogP contribution in [0.15, 0.2) is 6.20 Å². The summed E-state index contributed by atoms with van der Waals surface area (Å²) in [5, 5.41) is 0. The molecule has 0 aromatic carbocycles. The molecule has 1 aliphatic carbocycles. The summed E-state index contributed by atoms with van der Waals surface area (Å²) in [6.45, 7) is 6.54. The zero-order valence-electron chi connectivity index (χ0n) is 11.7. The fourth-order valence-corrected chi connectivity index (χ4v) is 2.03. The van der Waals surface area contributed by atoms with E-state index in [0.717, 1.165) is 12.8 Å². The van der Waals surface area contributed by atoms with Crippen LogP contribution in [0.25, 0.3) is 0 Å². The van der Waals surface area contributed by atoms with Crippen LogP contribution in [0, 0.1) is 12.8 Å². The van der Waals surface area contributed by atoms with Crippen molar-refractivity contribution in [2.45, 2.75) is 39.7 Å². The van der Waals surface area contributed by atoms with E-state index in [-0.39, 0.29) is 12.1 Å². The van der Waals surface area contributed by atoms with Crippen LogP contribution in [0.2, 0.25) is 0 Å². The van der Waals surface area contributed by atoms with Gasteiger partial charge in [-0.25, -0.2) is 14.8 Å². The Hall–Kier alpha value is -1.49. The molecule has 104 valence electrons. The first kappa shape index (κ1) is 13.9. The lowest BCUT2D eigenvalue weighted by molar-refractivity contribution is 0.0395. The summed E-state index contributed by atoms with van der Waals surface area (Å²) >= 11 is 0. The molecular formula is C14H20N2O3. The monoisotopic (exact) mass is 264 g/mol. The van der Waals surface area contributed by atoms with Gasteiger partial charge in [-0.3, -0.25) is 0 Å². The van der Waals surface area contributed by atoms with E-state index in [1.54, 1.807) is 20.0 Å². The van der Waals surface area contributed by atoms with Gasteiger partial charge >= 0.3 is 5.97 Å². The van der Waals surface area contributed by atoms with Crippen molar-refractivity contribution in [3.05, 3.63) is 23.3 Å². The smallest absolute Gasteiger partial charge is 0.341 e. The van der Waals surface area contributed by atoms with Gasteiger partial charge in [0.25, 0.3) is 0 Å². The van der Waals surface area contributed by atoms with Crippen molar-refractivity contribution in [1.82, 2.24) is 9.97 Å². The van der Waals surface area contributed by atoms with Gasteiger partial charge in [0.05, 0.1) is 17.9 Å². The summed E-state index contributed by atoms with van der Waals surface area (Å²) in [6.07, 6.45) is 3.82. The van der Waals surface area contributed by atoms with Crippen LogP contribution in [0.3, 0.4) is 0 Å². The third-order valence-electron chi connectivity index (χ3n) is 3.14. The first-order chi connectivity index (χ1) is 9.17. The molecule has 2 rings (SSSR count). The zero-order chi connectivity index (χ0) is 13.8. The average Bonchev–Trinajstić information content (AvgIpc) is 3.20. The van der Waals surface area contributed by atoms with Gasteiger partial charge in [-0.05, 0) is 39.5 Å². The van der Waals surface area contributed by atoms with Gasteiger partial charge in [0.2, 0.25) is 0 Å². The van der Waals surface area contributed by atoms with Crippen LogP contribution in [0.4, 0.5) is 0 Å². The van der Waals surface area contributed by atoms with Crippen LogP contribution >= 0.6 is 0 Å². The highest BCUT2D eigenvalue weighted by molar-refractivity contribution is 5.90. The zero-order valence-corrected chi connectivity index (χ0v) is 11.7. The maximum absolute atomic E-state index is 11.7. The molecular weight excluding hydrogens is 244 g/mol. The van der Waals surface area contributed by atoms with Crippen molar-refractivity contribution >= 4 is 5.97 Å². The van der Waals surface area contributed by atoms with Crippen molar-refractivity contribution in [3.63, 3.8) is 0 Å². The second-order valence-corrected chi connectivity index (χ2v) is 4.66. The van der Waals surface area contributed by atoms with E-state index < -0.39 is 0 Å². The normalized spacial score (nSPS) is 16.2. The van der Waals surface area contributed by atoms with Crippen LogP contribution in [0.1, 0.15) is 54.7 Å². The van der Waals surface area contributed by atoms with Crippen LogP contribution in [-0.4, -0.2) is 29.2 Å². The molecule has 1 atom stereocenters. The first-order valence-corrected chi connectivity index (χ1v) is 6.79. The number of hydrogen-bond donors (Lipinski definition) is 0. The number of aryl methyl sites for hydroxylation is 1. The number of nitrogens with zero attached hydrogens (tertiary/aromatic N) is 2. The van der Waals surface area contributed by atoms with Crippen molar-refractivity contribution < 1.29 is 14.3 Å². The Balaban J connectivity index is 2.19. The lowest BCUT2D eigenvalue weighted by Gasteiger charge is -2.15. The predicted molar refractivity (Wildman–Crippen MR) is 69.8 cm³/mol. The van der Waals surface area contributed by atoms with E-state index in [1.807, 2.05) is 6.92 Å². The highest BCUT2D eigenvalue weighted by Crippen LogP contribution is 2.42. The number of hydrogen-bond acceptors (Lipinski definition) is 5. The molecule has 0 N–H and O–H groups in total. The summed E-state index contributed by atoms with van der Waals surface area (Å²) in [5.74, 6) is 0.827. The molecule has 1 saturated carbocycles. The van der Waals surface area contributed by atoms with E-state index in [0.29, 0.717) is 36.2 Å². The first-order valence-electron chi connectivity index (χ1n) is 6.79. The lowest BCUT2D eigenvalue weighted by Crippen LogP contribution is -2.15. The number of aromatic nitrogens is 2. The number of ether oxygens (including phenoxy) is 2. The van der Waals surface area contributed by atoms with Gasteiger partial charge in [0.15, 0.2) is 5.82 Å². The minimum absolute atomic E-state index is 0.0417. The van der Waals surface area contributed by atoms with Crippen molar-refractivity contribution in [2.24, 2.45) is 5.92 Å². The topological polar surface area (TPSA) is 61.3 Å². The second-order valence-electron chi connectivity index (χ2n) is 4.66. The van der Waals surface area contributed by atoms with Gasteiger partial charge in [-0.1, -0.05) is 0 Å². The summed E-state index contributed by atoms with van der Waals surface area (Å²) in [7, 11) is 0. The van der Waals surface area contributed by atoms with Crippen molar-refractivity contribution in [3.8, 4) is 0 Å². The highest BCUT2D eigenvalue weighted by atomic mass is 16.5. The van der Waals surface area contributed by atoms with Gasteiger partial charge < -0.3 is 9.47 Å². The number of esters is 1. The number of carbonyl (C=O) groups is 1. The van der Waals surface area contributed by atoms with Crippen LogP contribution in [0.5, 0.6) is 0 Å². The largest absolute Gasteiger partial charge is 0.462 e. The van der Waals surface area contributed by atoms with Crippen LogP contribution < -0.4 is 0 Å². The number of carbonyl (C=O) groups excluding carboxylic acids is 1. The van der Waals surface area contributed by atoms with Crippen molar-refractivity contribution in [2.75, 3.05) is 13.2 Å². The Morgan fingerprint density at radius 2 is 2.16 bits per heavy atom. The third-order valence-corrected chi connectivity index (χ3v) is 3.14. The van der Waals surface area contributed by atoms with E-state index in [2.05, 4.69) is 9.97 Å². The van der Waals surface area contributed by atoms with E-state index in [1.165, 1.54) is 0 Å². The molecule has 0 aliphatic heterocycles. The molecule has 1 aromatic rings. The molecule has 1 unspecified atom stereocenters. The van der Waals surface area contributed by atoms with Crippen LogP contribution in [-0.2, 0) is 9.47 Å². The van der Waals surface area contributed by atoms with E-state index >= 15 is 0 Å². The molecule has 0 spiro atoms. The highest BCUT2D eigenvalue weighted by Gasteiger charge is 2.35. The molecule has 5 heteroatoms. The fraction of sp³-hybridized carbons (Fsp3) is 0.643. The summed E-state index contributed by atoms with van der Waals surface area (Å²) in [4.78, 5) is 20.4. The Bertz CT molecular complexity index is 458. The van der Waals surface area contributed by atoms with Gasteiger partial charge in [-0.2, -0.15) is 0 Å². The molecule has 1 aromatic heterocycles. The molecule has 1 heterocycles. The maximum Gasteiger partial charge on any atom is 0.341 e. The standard InChI is InChI=1S/C14H20N2O3/c1-4-18-12(10-6-7-10)13-15-8-11(9(3)16-13)14(17)19-5-2/h8,10,12H,4-7H2,1-3H3. The number of rotatable bonds is 6. The second kappa shape index (κ2) is 6.10. The average molecular weight is 264 g/mol. The Morgan fingerprint density at radius 1 is 1.42 bits per heavy atom. The molecule has 0 saturated heterocycles. The summed E-state index contributed by atoms with van der Waals surface area (Å²) < 4.78 is 10.7. The molecule has 19 heavy (non-hydrogen) atoms. The molecule has 0 radical (unpaired) electrons. The quantitative estimate of drug-likeness (QED) is 0.738. The van der Waals surface area contributed by atoms with E-state index in [4.69, 9.17) is 9.47 Å². The van der Waals surface area contributed by atoms with Crippen molar-refractivity contribution in [1.29, 1.82) is 0 Å². The Morgan fingerprint density at radius 3 is 2.68 bits per heavy atom. The van der Waals surface area contributed by atoms with Gasteiger partial charge in [0, 0.05) is 12.8 Å². The molecule has 0 bridgehead atoms. The molecule has 1 fully saturated rings. The maximum atomic E-state index is 11.7. The minimum atomic E-state index is -0.370. The Kier molecular flexibility index (Phi) is 4.47. The Labute approximate surface area is 113 Å². The van der Waals surface area contributed by atoms with E-state index in [9.17, 15) is 4.79 Å². The SMILES string of the molecule is CCOC(=O)c1cnc(C(OCC)C2CC2)nc1C. The molecule has 0 amide bonds. The summed E-state index contributed by atoms with van der Waals surface area (Å²) in [5.41, 5.74) is 1.07. The summed E-state index contributed by atoms with van der Waals surface area (Å²) in [6, 6.07) is 0. The predicted octanol–water partition coefficient (Wildman–Crippen LogP) is 2.45. The fourth-order valence-electron chi connectivity index (χ4n) is 2.03. The minimum Gasteiger partial charge on any atom is -0.462 e. The lowest BCUT2D eigenvalue weighted by atomic mass is 10.2. The molecule has 5 nitrogen and oxygen atoms in total.